The summed E-state index contributed by atoms with van der Waals surface area (Å²) in [6, 6.07) is 6.65. The number of hydrogen-bond donors (Lipinski definition) is 1. The molecule has 0 aromatic heterocycles. The average Bonchev–Trinajstić information content (AvgIpc) is 1.86. The maximum Gasteiger partial charge on any atom is 0.0692 e. The molecule has 0 bridgehead atoms. The van der Waals surface area contributed by atoms with Crippen LogP contribution in [0.2, 0.25) is 0 Å². The van der Waals surface area contributed by atoms with Gasteiger partial charge in [0.15, 0.2) is 0 Å². The molecule has 0 saturated heterocycles. The van der Waals surface area contributed by atoms with Crippen molar-refractivity contribution in [3.8, 4) is 0 Å². The van der Waals surface area contributed by atoms with E-state index < -0.39 is 6.56 Å². The summed E-state index contributed by atoms with van der Waals surface area (Å²) in [5.74, 6) is 0. The first-order valence-electron chi connectivity index (χ1n) is 3.49. The molecule has 0 saturated carbocycles. The number of benzene rings is 1. The third kappa shape index (κ3) is 1.53. The van der Waals surface area contributed by atoms with Gasteiger partial charge in [0.25, 0.3) is 0 Å². The SMILES string of the molecule is [2H]C([2H])(O)c1ccccc1Br. The predicted octanol–water partition coefficient (Wildman–Crippen LogP) is 1.94. The van der Waals surface area contributed by atoms with Crippen LogP contribution in [0.4, 0.5) is 0 Å². The zero-order valence-corrected chi connectivity index (χ0v) is 6.22. The van der Waals surface area contributed by atoms with Gasteiger partial charge >= 0.3 is 0 Å². The second-order valence-corrected chi connectivity index (χ2v) is 2.45. The summed E-state index contributed by atoms with van der Waals surface area (Å²) < 4.78 is 14.6. The Balaban J connectivity index is 3.14. The second-order valence-electron chi connectivity index (χ2n) is 1.59. The van der Waals surface area contributed by atoms with Crippen molar-refractivity contribution in [3.63, 3.8) is 0 Å². The van der Waals surface area contributed by atoms with E-state index in [1.165, 1.54) is 6.07 Å². The first-order chi connectivity index (χ1) is 5.02. The Kier molecular flexibility index (Phi) is 1.49. The van der Waals surface area contributed by atoms with E-state index in [9.17, 15) is 0 Å². The van der Waals surface area contributed by atoms with Crippen LogP contribution in [-0.4, -0.2) is 5.11 Å². The molecule has 0 atom stereocenters. The maximum atomic E-state index is 8.97. The lowest BCUT2D eigenvalue weighted by Crippen LogP contribution is -1.81. The molecule has 0 aliphatic rings. The molecule has 0 amide bonds. The Labute approximate surface area is 65.3 Å². The minimum absolute atomic E-state index is 0.250. The lowest BCUT2D eigenvalue weighted by atomic mass is 10.2. The third-order valence-corrected chi connectivity index (χ3v) is 1.69. The van der Waals surface area contributed by atoms with Crippen molar-refractivity contribution in [1.82, 2.24) is 0 Å². The predicted molar refractivity (Wildman–Crippen MR) is 40.1 cm³/mol. The molecule has 1 nitrogen and oxygen atoms in total. The highest BCUT2D eigenvalue weighted by Gasteiger charge is 1.92. The van der Waals surface area contributed by atoms with Crippen LogP contribution in [0.15, 0.2) is 28.7 Å². The lowest BCUT2D eigenvalue weighted by molar-refractivity contribution is 0.281. The van der Waals surface area contributed by atoms with Gasteiger partial charge in [0.05, 0.1) is 9.30 Å². The van der Waals surface area contributed by atoms with Crippen molar-refractivity contribution in [3.05, 3.63) is 34.3 Å². The van der Waals surface area contributed by atoms with Crippen molar-refractivity contribution >= 4 is 15.9 Å². The van der Waals surface area contributed by atoms with Crippen molar-refractivity contribution in [2.75, 3.05) is 0 Å². The van der Waals surface area contributed by atoms with E-state index in [1.54, 1.807) is 18.2 Å². The first-order valence-corrected chi connectivity index (χ1v) is 3.28. The molecular formula is C7H7BrO. The van der Waals surface area contributed by atoms with Crippen LogP contribution >= 0.6 is 15.9 Å². The van der Waals surface area contributed by atoms with Gasteiger partial charge in [-0.3, -0.25) is 0 Å². The number of rotatable bonds is 1. The van der Waals surface area contributed by atoms with Crippen LogP contribution in [0.25, 0.3) is 0 Å². The van der Waals surface area contributed by atoms with E-state index in [1.807, 2.05) is 0 Å². The minimum atomic E-state index is -2.26. The molecule has 0 heterocycles. The molecule has 0 spiro atoms. The molecule has 0 fully saturated rings. The fourth-order valence-electron chi connectivity index (χ4n) is 0.552. The monoisotopic (exact) mass is 188 g/mol. The Hall–Kier alpha value is -0.340. The summed E-state index contributed by atoms with van der Waals surface area (Å²) in [5.41, 5.74) is 0.250. The van der Waals surface area contributed by atoms with Crippen LogP contribution in [0.1, 0.15) is 8.30 Å². The lowest BCUT2D eigenvalue weighted by Gasteiger charge is -1.96. The molecule has 1 aromatic rings. The molecule has 1 rings (SSSR count). The average molecular weight is 189 g/mol. The summed E-state index contributed by atoms with van der Waals surface area (Å²) in [6.07, 6.45) is 0. The smallest absolute Gasteiger partial charge is 0.0692 e. The van der Waals surface area contributed by atoms with Crippen LogP contribution in [0.5, 0.6) is 0 Å². The normalized spacial score (nSPS) is 14.4. The number of aliphatic hydroxyl groups is 1. The van der Waals surface area contributed by atoms with E-state index in [-0.39, 0.29) is 5.56 Å². The fraction of sp³-hybridized carbons (Fsp3) is 0.143. The largest absolute Gasteiger partial charge is 0.392 e. The van der Waals surface area contributed by atoms with Gasteiger partial charge in [0.2, 0.25) is 0 Å². The van der Waals surface area contributed by atoms with E-state index in [2.05, 4.69) is 15.9 Å². The second kappa shape index (κ2) is 2.99. The van der Waals surface area contributed by atoms with Crippen LogP contribution < -0.4 is 0 Å². The third-order valence-electron chi connectivity index (χ3n) is 0.994. The summed E-state index contributed by atoms with van der Waals surface area (Å²) in [5, 5.41) is 8.97. The highest BCUT2D eigenvalue weighted by atomic mass is 79.9. The summed E-state index contributed by atoms with van der Waals surface area (Å²) in [4.78, 5) is 0. The van der Waals surface area contributed by atoms with Crippen molar-refractivity contribution < 1.29 is 7.85 Å². The van der Waals surface area contributed by atoms with Gasteiger partial charge in [-0.25, -0.2) is 0 Å². The molecule has 0 aliphatic heterocycles. The van der Waals surface area contributed by atoms with Crippen LogP contribution in [0, 0.1) is 0 Å². The van der Waals surface area contributed by atoms with Gasteiger partial charge in [-0.15, -0.1) is 0 Å². The van der Waals surface area contributed by atoms with Crippen molar-refractivity contribution in [2.24, 2.45) is 0 Å². The Bertz CT molecular complexity index is 257. The molecular weight excluding hydrogens is 180 g/mol. The summed E-state index contributed by atoms with van der Waals surface area (Å²) in [7, 11) is 0. The molecule has 9 heavy (non-hydrogen) atoms. The maximum absolute atomic E-state index is 8.97. The zero-order valence-electron chi connectivity index (χ0n) is 6.63. The summed E-state index contributed by atoms with van der Waals surface area (Å²) in [6.45, 7) is -2.26. The highest BCUT2D eigenvalue weighted by molar-refractivity contribution is 9.10. The molecule has 1 N–H and O–H groups in total. The highest BCUT2D eigenvalue weighted by Crippen LogP contribution is 2.14. The molecule has 2 heteroatoms. The molecule has 0 aliphatic carbocycles. The topological polar surface area (TPSA) is 20.2 Å². The molecule has 48 valence electrons. The quantitative estimate of drug-likeness (QED) is 0.715. The molecule has 0 radical (unpaired) electrons. The Morgan fingerprint density at radius 2 is 2.22 bits per heavy atom. The molecule has 1 aromatic carbocycles. The molecule has 0 unspecified atom stereocenters. The van der Waals surface area contributed by atoms with Gasteiger partial charge in [-0.05, 0) is 11.6 Å². The van der Waals surface area contributed by atoms with E-state index in [0.29, 0.717) is 4.47 Å². The van der Waals surface area contributed by atoms with E-state index in [4.69, 9.17) is 7.85 Å². The van der Waals surface area contributed by atoms with E-state index >= 15 is 0 Å². The summed E-state index contributed by atoms with van der Waals surface area (Å²) >= 11 is 3.13. The van der Waals surface area contributed by atoms with Gasteiger partial charge < -0.3 is 5.11 Å². The van der Waals surface area contributed by atoms with Crippen LogP contribution in [0.3, 0.4) is 0 Å². The van der Waals surface area contributed by atoms with Crippen LogP contribution in [-0.2, 0) is 6.56 Å². The van der Waals surface area contributed by atoms with Gasteiger partial charge in [-0.1, -0.05) is 34.1 Å². The van der Waals surface area contributed by atoms with E-state index in [0.717, 1.165) is 0 Å². The minimum Gasteiger partial charge on any atom is -0.392 e. The zero-order chi connectivity index (χ0) is 8.48. The van der Waals surface area contributed by atoms with Gasteiger partial charge in [-0.2, -0.15) is 0 Å². The number of halogens is 1. The van der Waals surface area contributed by atoms with Gasteiger partial charge in [0, 0.05) is 4.47 Å². The fourth-order valence-corrected chi connectivity index (χ4v) is 0.925. The van der Waals surface area contributed by atoms with Gasteiger partial charge in [0.1, 0.15) is 0 Å². The Morgan fingerprint density at radius 3 is 2.67 bits per heavy atom. The van der Waals surface area contributed by atoms with Crippen molar-refractivity contribution in [2.45, 2.75) is 6.56 Å². The standard InChI is InChI=1S/C7H7BrO/c8-7-4-2-1-3-6(7)5-9/h1-4,9H,5H2/i5D2. The van der Waals surface area contributed by atoms with Crippen molar-refractivity contribution in [1.29, 1.82) is 0 Å². The Morgan fingerprint density at radius 1 is 1.56 bits per heavy atom. The number of hydrogen-bond acceptors (Lipinski definition) is 1. The first kappa shape index (κ1) is 4.47.